The number of carbonyl (C=O) groups excluding carboxylic acids is 1. The van der Waals surface area contributed by atoms with E-state index in [1.165, 1.54) is 12.8 Å². The highest BCUT2D eigenvalue weighted by Crippen LogP contribution is 2.41. The summed E-state index contributed by atoms with van der Waals surface area (Å²) in [5, 5.41) is 1.01. The van der Waals surface area contributed by atoms with Crippen molar-refractivity contribution in [3.05, 3.63) is 11.1 Å². The number of hydrogen-bond acceptors (Lipinski definition) is 5. The standard InChI is InChI=1S/C15H21N3O2S/c19-13(18-10-15(11-18)3-7-20-8-4-15)12-9-16-14(21-12)17-5-1-2-6-17/h9H,1-8,10-11H2. The van der Waals surface area contributed by atoms with Gasteiger partial charge in [-0.05, 0) is 25.7 Å². The highest BCUT2D eigenvalue weighted by atomic mass is 32.1. The molecular weight excluding hydrogens is 286 g/mol. The average molecular weight is 307 g/mol. The van der Waals surface area contributed by atoms with Crippen molar-refractivity contribution in [3.63, 3.8) is 0 Å². The Morgan fingerprint density at radius 3 is 2.67 bits per heavy atom. The van der Waals surface area contributed by atoms with E-state index in [1.807, 2.05) is 4.90 Å². The minimum absolute atomic E-state index is 0.162. The summed E-state index contributed by atoms with van der Waals surface area (Å²) in [4.78, 5) is 22.0. The third-order valence-electron chi connectivity index (χ3n) is 4.97. The lowest BCUT2D eigenvalue weighted by molar-refractivity contribution is -0.0665. The molecule has 0 aromatic carbocycles. The van der Waals surface area contributed by atoms with Gasteiger partial charge in [0.1, 0.15) is 4.88 Å². The van der Waals surface area contributed by atoms with Crippen molar-refractivity contribution in [3.8, 4) is 0 Å². The van der Waals surface area contributed by atoms with Crippen LogP contribution in [0.3, 0.4) is 0 Å². The van der Waals surface area contributed by atoms with E-state index in [4.69, 9.17) is 4.74 Å². The van der Waals surface area contributed by atoms with Crippen molar-refractivity contribution < 1.29 is 9.53 Å². The summed E-state index contributed by atoms with van der Waals surface area (Å²) < 4.78 is 5.42. The van der Waals surface area contributed by atoms with Crippen molar-refractivity contribution in [1.29, 1.82) is 0 Å². The molecule has 0 N–H and O–H groups in total. The summed E-state index contributed by atoms with van der Waals surface area (Å²) in [5.74, 6) is 0.162. The maximum absolute atomic E-state index is 12.5. The van der Waals surface area contributed by atoms with Gasteiger partial charge in [-0.2, -0.15) is 0 Å². The van der Waals surface area contributed by atoms with Crippen molar-refractivity contribution >= 4 is 22.4 Å². The van der Waals surface area contributed by atoms with Crippen LogP contribution in [0.1, 0.15) is 35.4 Å². The maximum Gasteiger partial charge on any atom is 0.265 e. The first kappa shape index (κ1) is 13.5. The monoisotopic (exact) mass is 307 g/mol. The Balaban J connectivity index is 1.39. The first-order chi connectivity index (χ1) is 10.3. The number of amides is 1. The fourth-order valence-corrected chi connectivity index (χ4v) is 4.54. The average Bonchev–Trinajstić information content (AvgIpc) is 3.15. The highest BCUT2D eigenvalue weighted by Gasteiger charge is 2.46. The second kappa shape index (κ2) is 5.25. The molecule has 1 spiro atoms. The Hall–Kier alpha value is -1.14. The number of likely N-dealkylation sites (tertiary alicyclic amines) is 1. The van der Waals surface area contributed by atoms with E-state index >= 15 is 0 Å². The lowest BCUT2D eigenvalue weighted by Crippen LogP contribution is -2.60. The van der Waals surface area contributed by atoms with Crippen molar-refractivity contribution in [1.82, 2.24) is 9.88 Å². The predicted molar refractivity (Wildman–Crippen MR) is 82.0 cm³/mol. The van der Waals surface area contributed by atoms with Gasteiger partial charge in [0, 0.05) is 44.8 Å². The maximum atomic E-state index is 12.5. The topological polar surface area (TPSA) is 45.7 Å². The molecule has 5 nitrogen and oxygen atoms in total. The van der Waals surface area contributed by atoms with Gasteiger partial charge in [-0.25, -0.2) is 4.98 Å². The molecule has 3 fully saturated rings. The number of carbonyl (C=O) groups is 1. The molecule has 0 aliphatic carbocycles. The zero-order valence-electron chi connectivity index (χ0n) is 12.2. The van der Waals surface area contributed by atoms with E-state index in [0.717, 1.165) is 62.2 Å². The molecule has 4 heterocycles. The minimum atomic E-state index is 0.162. The van der Waals surface area contributed by atoms with E-state index in [9.17, 15) is 4.79 Å². The second-order valence-corrected chi connectivity index (χ2v) is 7.48. The van der Waals surface area contributed by atoms with Gasteiger partial charge in [0.25, 0.3) is 5.91 Å². The van der Waals surface area contributed by atoms with Gasteiger partial charge in [0.05, 0.1) is 6.20 Å². The van der Waals surface area contributed by atoms with E-state index in [1.54, 1.807) is 17.5 Å². The van der Waals surface area contributed by atoms with Crippen LogP contribution in [0.15, 0.2) is 6.20 Å². The zero-order valence-corrected chi connectivity index (χ0v) is 13.0. The van der Waals surface area contributed by atoms with Crippen molar-refractivity contribution in [2.75, 3.05) is 44.3 Å². The van der Waals surface area contributed by atoms with E-state index in [-0.39, 0.29) is 5.91 Å². The van der Waals surface area contributed by atoms with Gasteiger partial charge < -0.3 is 14.5 Å². The van der Waals surface area contributed by atoms with Crippen LogP contribution in [-0.4, -0.2) is 55.2 Å². The molecule has 0 unspecified atom stereocenters. The molecule has 0 saturated carbocycles. The lowest BCUT2D eigenvalue weighted by atomic mass is 9.73. The van der Waals surface area contributed by atoms with Crippen LogP contribution in [-0.2, 0) is 4.74 Å². The molecule has 21 heavy (non-hydrogen) atoms. The van der Waals surface area contributed by atoms with Crippen LogP contribution in [0, 0.1) is 5.41 Å². The molecule has 0 atom stereocenters. The molecule has 0 radical (unpaired) electrons. The number of anilines is 1. The minimum Gasteiger partial charge on any atom is -0.381 e. The van der Waals surface area contributed by atoms with Gasteiger partial charge in [0.2, 0.25) is 0 Å². The molecular formula is C15H21N3O2S. The van der Waals surface area contributed by atoms with Crippen LogP contribution in [0.4, 0.5) is 5.13 Å². The summed E-state index contributed by atoms with van der Waals surface area (Å²) in [5.41, 5.74) is 0.344. The summed E-state index contributed by atoms with van der Waals surface area (Å²) in [6, 6.07) is 0. The molecule has 3 aliphatic heterocycles. The lowest BCUT2D eigenvalue weighted by Gasteiger charge is -2.52. The number of aromatic nitrogens is 1. The summed E-state index contributed by atoms with van der Waals surface area (Å²) in [6.07, 6.45) is 6.42. The fourth-order valence-electron chi connectivity index (χ4n) is 3.60. The third-order valence-corrected chi connectivity index (χ3v) is 6.02. The van der Waals surface area contributed by atoms with Gasteiger partial charge in [-0.15, -0.1) is 0 Å². The normalized spacial score (nSPS) is 24.4. The molecule has 1 aromatic rings. The predicted octanol–water partition coefficient (Wildman–Crippen LogP) is 2.00. The Labute approximate surface area is 128 Å². The fraction of sp³-hybridized carbons (Fsp3) is 0.733. The number of hydrogen-bond donors (Lipinski definition) is 0. The Morgan fingerprint density at radius 1 is 1.24 bits per heavy atom. The van der Waals surface area contributed by atoms with E-state index < -0.39 is 0 Å². The molecule has 4 rings (SSSR count). The molecule has 1 aromatic heterocycles. The molecule has 114 valence electrons. The van der Waals surface area contributed by atoms with Crippen LogP contribution in [0.5, 0.6) is 0 Å². The number of thiazole rings is 1. The van der Waals surface area contributed by atoms with E-state index in [0.29, 0.717) is 5.41 Å². The number of rotatable bonds is 2. The summed E-state index contributed by atoms with van der Waals surface area (Å²) >= 11 is 1.55. The number of nitrogens with zero attached hydrogens (tertiary/aromatic N) is 3. The van der Waals surface area contributed by atoms with Crippen molar-refractivity contribution in [2.45, 2.75) is 25.7 Å². The molecule has 3 saturated heterocycles. The quantitative estimate of drug-likeness (QED) is 0.838. The van der Waals surface area contributed by atoms with Crippen molar-refractivity contribution in [2.24, 2.45) is 5.41 Å². The molecule has 0 bridgehead atoms. The van der Waals surface area contributed by atoms with Gasteiger partial charge in [0.15, 0.2) is 5.13 Å². The summed E-state index contributed by atoms with van der Waals surface area (Å²) in [7, 11) is 0. The smallest absolute Gasteiger partial charge is 0.265 e. The first-order valence-electron chi connectivity index (χ1n) is 7.84. The van der Waals surface area contributed by atoms with E-state index in [2.05, 4.69) is 9.88 Å². The van der Waals surface area contributed by atoms with Crippen LogP contribution < -0.4 is 4.90 Å². The van der Waals surface area contributed by atoms with Crippen LogP contribution >= 0.6 is 11.3 Å². The largest absolute Gasteiger partial charge is 0.381 e. The van der Waals surface area contributed by atoms with Gasteiger partial charge in [-0.1, -0.05) is 11.3 Å². The Kier molecular flexibility index (Phi) is 3.38. The molecule has 3 aliphatic rings. The van der Waals surface area contributed by atoms with Gasteiger partial charge >= 0.3 is 0 Å². The Morgan fingerprint density at radius 2 is 1.95 bits per heavy atom. The SMILES string of the molecule is O=C(c1cnc(N2CCCC2)s1)N1CC2(CCOCC2)C1. The Bertz CT molecular complexity index is 525. The first-order valence-corrected chi connectivity index (χ1v) is 8.65. The highest BCUT2D eigenvalue weighted by molar-refractivity contribution is 7.17. The van der Waals surface area contributed by atoms with Crippen LogP contribution in [0.25, 0.3) is 0 Å². The zero-order chi connectivity index (χ0) is 14.3. The number of ether oxygens (including phenoxy) is 1. The summed E-state index contributed by atoms with van der Waals surface area (Å²) in [6.45, 7) is 5.64. The van der Waals surface area contributed by atoms with Crippen LogP contribution in [0.2, 0.25) is 0 Å². The third kappa shape index (κ3) is 2.44. The van der Waals surface area contributed by atoms with Gasteiger partial charge in [-0.3, -0.25) is 4.79 Å². The second-order valence-electron chi connectivity index (χ2n) is 6.47. The molecule has 1 amide bonds. The molecule has 6 heteroatoms.